The molecule has 0 bridgehead atoms. The van der Waals surface area contributed by atoms with Crippen molar-refractivity contribution in [3.8, 4) is 0 Å². The lowest BCUT2D eigenvalue weighted by molar-refractivity contribution is 0.729. The van der Waals surface area contributed by atoms with Crippen LogP contribution < -0.4 is 5.32 Å². The first kappa shape index (κ1) is 13.7. The van der Waals surface area contributed by atoms with Crippen molar-refractivity contribution >= 4 is 16.7 Å². The lowest BCUT2D eigenvalue weighted by atomic mass is 10.1. The zero-order valence-corrected chi connectivity index (χ0v) is 12.6. The van der Waals surface area contributed by atoms with Gasteiger partial charge in [-0.05, 0) is 43.2 Å². The predicted molar refractivity (Wildman–Crippen MR) is 88.6 cm³/mol. The summed E-state index contributed by atoms with van der Waals surface area (Å²) in [4.78, 5) is 4.73. The summed E-state index contributed by atoms with van der Waals surface area (Å²) in [5.74, 6) is 1.08. The highest BCUT2D eigenvalue weighted by molar-refractivity contribution is 5.75. The Hall–Kier alpha value is -2.29. The fraction of sp³-hybridized carbons (Fsp3) is 0.278. The van der Waals surface area contributed by atoms with E-state index in [0.717, 1.165) is 36.5 Å². The average molecular weight is 279 g/mol. The largest absolute Gasteiger partial charge is 0.378 e. The second-order valence-corrected chi connectivity index (χ2v) is 5.17. The quantitative estimate of drug-likeness (QED) is 0.757. The summed E-state index contributed by atoms with van der Waals surface area (Å²) in [7, 11) is 0. The maximum absolute atomic E-state index is 4.73. The summed E-state index contributed by atoms with van der Waals surface area (Å²) < 4.78 is 2.27. The van der Waals surface area contributed by atoms with Crippen molar-refractivity contribution in [1.29, 1.82) is 0 Å². The Morgan fingerprint density at radius 1 is 1.00 bits per heavy atom. The number of nitrogens with one attached hydrogen (secondary N) is 1. The second kappa shape index (κ2) is 6.00. The summed E-state index contributed by atoms with van der Waals surface area (Å²) >= 11 is 0. The van der Waals surface area contributed by atoms with Crippen molar-refractivity contribution in [1.82, 2.24) is 9.55 Å². The fourth-order valence-electron chi connectivity index (χ4n) is 2.65. The van der Waals surface area contributed by atoms with Gasteiger partial charge in [0.15, 0.2) is 0 Å². The Morgan fingerprint density at radius 3 is 2.48 bits per heavy atom. The normalized spacial score (nSPS) is 11.0. The minimum absolute atomic E-state index is 0.744. The maximum Gasteiger partial charge on any atom is 0.129 e. The number of para-hydroxylation sites is 2. The van der Waals surface area contributed by atoms with E-state index in [-0.39, 0.29) is 0 Å². The molecule has 3 rings (SSSR count). The number of hydrogen-bond acceptors (Lipinski definition) is 2. The summed E-state index contributed by atoms with van der Waals surface area (Å²) in [6.45, 7) is 6.01. The van der Waals surface area contributed by atoms with Crippen molar-refractivity contribution in [2.24, 2.45) is 0 Å². The number of aryl methyl sites for hydroxylation is 2. The number of rotatable bonds is 5. The van der Waals surface area contributed by atoms with Crippen LogP contribution in [0.15, 0.2) is 48.5 Å². The van der Waals surface area contributed by atoms with Crippen molar-refractivity contribution in [2.75, 3.05) is 5.32 Å². The van der Waals surface area contributed by atoms with Gasteiger partial charge in [0.2, 0.25) is 0 Å². The van der Waals surface area contributed by atoms with E-state index in [4.69, 9.17) is 4.98 Å². The minimum Gasteiger partial charge on any atom is -0.378 e. The molecule has 1 heterocycles. The van der Waals surface area contributed by atoms with Gasteiger partial charge in [0.05, 0.1) is 17.6 Å². The molecule has 1 aromatic heterocycles. The predicted octanol–water partition coefficient (Wildman–Crippen LogP) is 4.23. The molecule has 3 heteroatoms. The maximum atomic E-state index is 4.73. The summed E-state index contributed by atoms with van der Waals surface area (Å²) in [6.07, 6.45) is 1.08. The van der Waals surface area contributed by atoms with Gasteiger partial charge >= 0.3 is 0 Å². The molecule has 21 heavy (non-hydrogen) atoms. The van der Waals surface area contributed by atoms with Crippen LogP contribution in [0.1, 0.15) is 25.2 Å². The molecule has 0 amide bonds. The van der Waals surface area contributed by atoms with Crippen LogP contribution in [0.4, 0.5) is 5.69 Å². The third kappa shape index (κ3) is 2.77. The molecule has 2 aromatic carbocycles. The molecule has 0 aliphatic carbocycles. The molecule has 3 nitrogen and oxygen atoms in total. The van der Waals surface area contributed by atoms with Gasteiger partial charge < -0.3 is 9.88 Å². The third-order valence-electron chi connectivity index (χ3n) is 3.86. The molecule has 0 saturated carbocycles. The monoisotopic (exact) mass is 279 g/mol. The highest BCUT2D eigenvalue weighted by Crippen LogP contribution is 2.17. The number of hydrogen-bond donors (Lipinski definition) is 1. The SMILES string of the molecule is CCc1ccc(NCc2nc3ccccc3n2CC)cc1. The molecule has 0 unspecified atom stereocenters. The van der Waals surface area contributed by atoms with Gasteiger partial charge in [-0.15, -0.1) is 0 Å². The molecule has 0 saturated heterocycles. The van der Waals surface area contributed by atoms with E-state index in [0.29, 0.717) is 0 Å². The standard InChI is InChI=1S/C18H21N3/c1-3-14-9-11-15(12-10-14)19-13-18-20-16-7-5-6-8-17(16)21(18)4-2/h5-12,19H,3-4,13H2,1-2H3. The number of imidazole rings is 1. The van der Waals surface area contributed by atoms with E-state index in [1.54, 1.807) is 0 Å². The van der Waals surface area contributed by atoms with Gasteiger partial charge in [0, 0.05) is 12.2 Å². The average Bonchev–Trinajstić information content (AvgIpc) is 2.91. The smallest absolute Gasteiger partial charge is 0.129 e. The van der Waals surface area contributed by atoms with E-state index in [1.165, 1.54) is 11.1 Å². The first-order chi connectivity index (χ1) is 10.3. The molecule has 0 spiro atoms. The molecular formula is C18H21N3. The Balaban J connectivity index is 1.80. The highest BCUT2D eigenvalue weighted by atomic mass is 15.1. The van der Waals surface area contributed by atoms with Gasteiger partial charge in [0.25, 0.3) is 0 Å². The Morgan fingerprint density at radius 2 is 1.76 bits per heavy atom. The molecule has 3 aromatic rings. The summed E-state index contributed by atoms with van der Waals surface area (Å²) in [6, 6.07) is 16.9. The van der Waals surface area contributed by atoms with Crippen LogP contribution in [0, 0.1) is 0 Å². The van der Waals surface area contributed by atoms with Gasteiger partial charge in [-0.1, -0.05) is 31.2 Å². The highest BCUT2D eigenvalue weighted by Gasteiger charge is 2.08. The number of benzene rings is 2. The summed E-state index contributed by atoms with van der Waals surface area (Å²) in [5.41, 5.74) is 4.78. The van der Waals surface area contributed by atoms with Crippen molar-refractivity contribution in [3.05, 3.63) is 59.9 Å². The Kier molecular flexibility index (Phi) is 3.91. The first-order valence-electron chi connectivity index (χ1n) is 7.58. The van der Waals surface area contributed by atoms with Crippen LogP contribution in [0.2, 0.25) is 0 Å². The first-order valence-corrected chi connectivity index (χ1v) is 7.58. The van der Waals surface area contributed by atoms with E-state index in [9.17, 15) is 0 Å². The zero-order valence-electron chi connectivity index (χ0n) is 12.6. The molecular weight excluding hydrogens is 258 g/mol. The zero-order chi connectivity index (χ0) is 14.7. The van der Waals surface area contributed by atoms with Crippen molar-refractivity contribution in [3.63, 3.8) is 0 Å². The van der Waals surface area contributed by atoms with E-state index in [1.807, 2.05) is 6.07 Å². The molecule has 0 aliphatic rings. The Bertz CT molecular complexity index is 726. The molecule has 0 aliphatic heterocycles. The van der Waals surface area contributed by atoms with Gasteiger partial charge in [-0.3, -0.25) is 0 Å². The van der Waals surface area contributed by atoms with Crippen LogP contribution in [0.3, 0.4) is 0 Å². The number of nitrogens with zero attached hydrogens (tertiary/aromatic N) is 2. The lowest BCUT2D eigenvalue weighted by Crippen LogP contribution is -2.07. The third-order valence-corrected chi connectivity index (χ3v) is 3.86. The van der Waals surface area contributed by atoms with Crippen LogP contribution in [0.5, 0.6) is 0 Å². The van der Waals surface area contributed by atoms with Gasteiger partial charge in [-0.2, -0.15) is 0 Å². The minimum atomic E-state index is 0.744. The number of fused-ring (bicyclic) bond motifs is 1. The van der Waals surface area contributed by atoms with Crippen LogP contribution >= 0.6 is 0 Å². The van der Waals surface area contributed by atoms with Gasteiger partial charge in [-0.25, -0.2) is 4.98 Å². The van der Waals surface area contributed by atoms with E-state index in [2.05, 4.69) is 66.2 Å². The van der Waals surface area contributed by atoms with Crippen LogP contribution in [0.25, 0.3) is 11.0 Å². The topological polar surface area (TPSA) is 29.9 Å². The van der Waals surface area contributed by atoms with Crippen LogP contribution in [-0.2, 0) is 19.5 Å². The lowest BCUT2D eigenvalue weighted by Gasteiger charge is -2.09. The van der Waals surface area contributed by atoms with E-state index < -0.39 is 0 Å². The molecule has 108 valence electrons. The van der Waals surface area contributed by atoms with E-state index >= 15 is 0 Å². The molecule has 0 atom stereocenters. The number of aromatic nitrogens is 2. The summed E-state index contributed by atoms with van der Waals surface area (Å²) in [5, 5.41) is 3.46. The number of anilines is 1. The molecule has 0 fully saturated rings. The molecule has 0 radical (unpaired) electrons. The van der Waals surface area contributed by atoms with Crippen molar-refractivity contribution in [2.45, 2.75) is 33.4 Å². The fourth-order valence-corrected chi connectivity index (χ4v) is 2.65. The second-order valence-electron chi connectivity index (χ2n) is 5.17. The van der Waals surface area contributed by atoms with Crippen molar-refractivity contribution < 1.29 is 0 Å². The Labute approximate surface area is 125 Å². The van der Waals surface area contributed by atoms with Crippen LogP contribution in [-0.4, -0.2) is 9.55 Å². The molecule has 1 N–H and O–H groups in total. The van der Waals surface area contributed by atoms with Gasteiger partial charge in [0.1, 0.15) is 5.82 Å².